The molecule has 0 saturated carbocycles. The van der Waals surface area contributed by atoms with Crippen LogP contribution in [-0.4, -0.2) is 37.1 Å². The van der Waals surface area contributed by atoms with Crippen LogP contribution in [0.25, 0.3) is 0 Å². The van der Waals surface area contributed by atoms with E-state index in [0.29, 0.717) is 17.3 Å². The lowest BCUT2D eigenvalue weighted by atomic mass is 9.85. The van der Waals surface area contributed by atoms with E-state index in [1.165, 1.54) is 32.2 Å². The number of alkyl halides is 2. The zero-order valence-electron chi connectivity index (χ0n) is 14.7. The predicted molar refractivity (Wildman–Crippen MR) is 95.2 cm³/mol. The minimum Gasteiger partial charge on any atom is -0.493 e. The number of nitrogens with one attached hydrogen (secondary N) is 1. The second-order valence-corrected chi connectivity index (χ2v) is 6.19. The van der Waals surface area contributed by atoms with E-state index in [-0.39, 0.29) is 18.0 Å². The summed E-state index contributed by atoms with van der Waals surface area (Å²) >= 11 is 0. The molecule has 144 valence electrons. The van der Waals surface area contributed by atoms with Crippen LogP contribution in [-0.2, 0) is 10.3 Å². The average molecular weight is 380 g/mol. The van der Waals surface area contributed by atoms with Gasteiger partial charge in [0.15, 0.2) is 11.6 Å². The number of amidine groups is 1. The van der Waals surface area contributed by atoms with Crippen molar-refractivity contribution in [3.63, 3.8) is 0 Å². The van der Waals surface area contributed by atoms with Gasteiger partial charge in [-0.25, -0.2) is 18.2 Å². The van der Waals surface area contributed by atoms with E-state index in [1.54, 1.807) is 18.3 Å². The van der Waals surface area contributed by atoms with E-state index in [2.05, 4.69) is 15.3 Å². The number of nitrogens with two attached hydrogens (primary N) is 1. The normalized spacial score (nSPS) is 22.4. The molecule has 1 aromatic heterocycles. The SMILES string of the molecule is COc1cccnc1Nc1ccc(F)c([C@@]2(C)N=C(N)CO[C@H]2C(F)F)c1. The van der Waals surface area contributed by atoms with E-state index in [4.69, 9.17) is 15.2 Å². The Morgan fingerprint density at radius 3 is 2.85 bits per heavy atom. The first-order valence-electron chi connectivity index (χ1n) is 8.15. The molecule has 2 aromatic rings. The van der Waals surface area contributed by atoms with Crippen molar-refractivity contribution in [2.45, 2.75) is 25.0 Å². The molecule has 2 heterocycles. The average Bonchev–Trinajstić information content (AvgIpc) is 2.63. The molecule has 1 aliphatic rings. The van der Waals surface area contributed by atoms with E-state index >= 15 is 0 Å². The van der Waals surface area contributed by atoms with Crippen molar-refractivity contribution in [3.05, 3.63) is 47.9 Å². The molecule has 0 spiro atoms. The lowest BCUT2D eigenvalue weighted by molar-refractivity contribution is -0.0883. The molecule has 0 unspecified atom stereocenters. The quantitative estimate of drug-likeness (QED) is 0.833. The number of hydrogen-bond acceptors (Lipinski definition) is 6. The molecule has 3 rings (SSSR count). The molecular formula is C18H19F3N4O2. The Labute approximate surface area is 154 Å². The van der Waals surface area contributed by atoms with E-state index in [1.807, 2.05) is 0 Å². The van der Waals surface area contributed by atoms with Crippen LogP contribution in [0.3, 0.4) is 0 Å². The minimum absolute atomic E-state index is 0.0264. The molecule has 6 nitrogen and oxygen atoms in total. The standard InChI is InChI=1S/C18H19F3N4O2/c1-18(15(16(20)21)27-9-14(22)25-18)11-8-10(5-6-12(11)19)24-17-13(26-2)4-3-7-23-17/h3-8,15-16H,9H2,1-2H3,(H2,22,25)(H,23,24)/t15-,18+/m0/s1. The Bertz CT molecular complexity index is 862. The minimum atomic E-state index is -2.86. The maximum Gasteiger partial charge on any atom is 0.267 e. The van der Waals surface area contributed by atoms with Crippen molar-refractivity contribution >= 4 is 17.3 Å². The van der Waals surface area contributed by atoms with E-state index in [9.17, 15) is 13.2 Å². The predicted octanol–water partition coefficient (Wildman–Crippen LogP) is 3.21. The van der Waals surface area contributed by atoms with Crippen molar-refractivity contribution in [3.8, 4) is 5.75 Å². The smallest absolute Gasteiger partial charge is 0.267 e. The Morgan fingerprint density at radius 1 is 1.37 bits per heavy atom. The van der Waals surface area contributed by atoms with Crippen molar-refractivity contribution in [1.82, 2.24) is 4.98 Å². The van der Waals surface area contributed by atoms with Gasteiger partial charge in [0.2, 0.25) is 0 Å². The number of aromatic nitrogens is 1. The molecule has 0 radical (unpaired) electrons. The van der Waals surface area contributed by atoms with Crippen molar-refractivity contribution < 1.29 is 22.6 Å². The molecule has 27 heavy (non-hydrogen) atoms. The molecule has 0 bridgehead atoms. The summed E-state index contributed by atoms with van der Waals surface area (Å²) in [6.07, 6.45) is -2.93. The summed E-state index contributed by atoms with van der Waals surface area (Å²) in [6, 6.07) is 7.43. The largest absolute Gasteiger partial charge is 0.493 e. The van der Waals surface area contributed by atoms with Gasteiger partial charge in [0.05, 0.1) is 7.11 Å². The van der Waals surface area contributed by atoms with Crippen LogP contribution >= 0.6 is 0 Å². The number of anilines is 2. The zero-order valence-corrected chi connectivity index (χ0v) is 14.7. The number of rotatable bonds is 5. The van der Waals surface area contributed by atoms with Crippen molar-refractivity contribution in [2.24, 2.45) is 10.7 Å². The van der Waals surface area contributed by atoms with Gasteiger partial charge in [0, 0.05) is 17.4 Å². The Morgan fingerprint density at radius 2 is 2.15 bits per heavy atom. The molecular weight excluding hydrogens is 361 g/mol. The molecule has 2 atom stereocenters. The Hall–Kier alpha value is -2.81. The Kier molecular flexibility index (Phi) is 5.22. The second kappa shape index (κ2) is 7.43. The summed E-state index contributed by atoms with van der Waals surface area (Å²) in [4.78, 5) is 8.27. The topological polar surface area (TPSA) is 81.8 Å². The fraction of sp³-hybridized carbons (Fsp3) is 0.333. The number of pyridine rings is 1. The van der Waals surface area contributed by atoms with Crippen molar-refractivity contribution in [2.75, 3.05) is 19.0 Å². The molecule has 0 saturated heterocycles. The molecule has 0 fully saturated rings. The lowest BCUT2D eigenvalue weighted by Gasteiger charge is -2.37. The number of benzene rings is 1. The van der Waals surface area contributed by atoms with Gasteiger partial charge in [-0.05, 0) is 37.3 Å². The maximum absolute atomic E-state index is 14.6. The molecule has 0 aliphatic carbocycles. The number of methoxy groups -OCH3 is 1. The van der Waals surface area contributed by atoms with Crippen LogP contribution in [0, 0.1) is 5.82 Å². The highest BCUT2D eigenvalue weighted by molar-refractivity contribution is 5.83. The summed E-state index contributed by atoms with van der Waals surface area (Å²) in [6.45, 7) is 1.15. The zero-order chi connectivity index (χ0) is 19.6. The van der Waals surface area contributed by atoms with Crippen LogP contribution in [0.4, 0.5) is 24.7 Å². The van der Waals surface area contributed by atoms with Gasteiger partial charge >= 0.3 is 0 Å². The van der Waals surface area contributed by atoms with Gasteiger partial charge in [-0.15, -0.1) is 0 Å². The lowest BCUT2D eigenvalue weighted by Crippen LogP contribution is -2.49. The summed E-state index contributed by atoms with van der Waals surface area (Å²) in [7, 11) is 1.49. The fourth-order valence-corrected chi connectivity index (χ4v) is 3.04. The molecule has 9 heteroatoms. The number of ether oxygens (including phenoxy) is 2. The third-order valence-electron chi connectivity index (χ3n) is 4.33. The first-order chi connectivity index (χ1) is 12.8. The summed E-state index contributed by atoms with van der Waals surface area (Å²) < 4.78 is 51.9. The van der Waals surface area contributed by atoms with Crippen LogP contribution in [0.1, 0.15) is 12.5 Å². The van der Waals surface area contributed by atoms with Gasteiger partial charge in [-0.1, -0.05) is 0 Å². The molecule has 0 amide bonds. The van der Waals surface area contributed by atoms with Crippen LogP contribution < -0.4 is 15.8 Å². The number of nitrogens with zero attached hydrogens (tertiary/aromatic N) is 2. The molecule has 3 N–H and O–H groups in total. The third kappa shape index (κ3) is 3.68. The molecule has 1 aromatic carbocycles. The maximum atomic E-state index is 14.6. The van der Waals surface area contributed by atoms with E-state index in [0.717, 1.165) is 0 Å². The first kappa shape index (κ1) is 19.0. The van der Waals surface area contributed by atoms with Gasteiger partial charge < -0.3 is 20.5 Å². The highest BCUT2D eigenvalue weighted by atomic mass is 19.3. The van der Waals surface area contributed by atoms with Gasteiger partial charge in [0.25, 0.3) is 6.43 Å². The summed E-state index contributed by atoms with van der Waals surface area (Å²) in [5.41, 5.74) is 4.37. The van der Waals surface area contributed by atoms with Gasteiger partial charge in [-0.3, -0.25) is 4.99 Å². The van der Waals surface area contributed by atoms with Crippen LogP contribution in [0.5, 0.6) is 5.75 Å². The van der Waals surface area contributed by atoms with E-state index < -0.39 is 23.9 Å². The van der Waals surface area contributed by atoms with Crippen molar-refractivity contribution in [1.29, 1.82) is 0 Å². The number of aliphatic imine (C=N–C) groups is 1. The second-order valence-electron chi connectivity index (χ2n) is 6.19. The molecule has 1 aliphatic heterocycles. The third-order valence-corrected chi connectivity index (χ3v) is 4.33. The highest BCUT2D eigenvalue weighted by Crippen LogP contribution is 2.39. The van der Waals surface area contributed by atoms with Crippen LogP contribution in [0.15, 0.2) is 41.5 Å². The summed E-state index contributed by atoms with van der Waals surface area (Å²) in [5, 5.41) is 2.99. The number of halogens is 3. The summed E-state index contributed by atoms with van der Waals surface area (Å²) in [5.74, 6) is 0.210. The Balaban J connectivity index is 2.03. The number of hydrogen-bond donors (Lipinski definition) is 2. The monoisotopic (exact) mass is 380 g/mol. The first-order valence-corrected chi connectivity index (χ1v) is 8.15. The van der Waals surface area contributed by atoms with Crippen LogP contribution in [0.2, 0.25) is 0 Å². The fourth-order valence-electron chi connectivity index (χ4n) is 3.04. The van der Waals surface area contributed by atoms with Gasteiger partial charge in [-0.2, -0.15) is 0 Å². The van der Waals surface area contributed by atoms with Gasteiger partial charge in [0.1, 0.15) is 29.9 Å². The highest BCUT2D eigenvalue weighted by Gasteiger charge is 2.46.